The molecule has 3 atom stereocenters. The highest BCUT2D eigenvalue weighted by Crippen LogP contribution is 2.40. The van der Waals surface area contributed by atoms with Gasteiger partial charge in [0.25, 0.3) is 0 Å². The largest absolute Gasteiger partial charge is 0.395 e. The van der Waals surface area contributed by atoms with Crippen molar-refractivity contribution < 1.29 is 10.2 Å². The first-order chi connectivity index (χ1) is 7.61. The molecule has 0 amide bonds. The molecule has 1 aliphatic heterocycles. The predicted octanol–water partition coefficient (Wildman–Crippen LogP) is -1.42. The molecule has 2 rings (SSSR count). The minimum absolute atomic E-state index is 0.0662. The van der Waals surface area contributed by atoms with E-state index in [1.807, 2.05) is 0 Å². The van der Waals surface area contributed by atoms with Crippen molar-refractivity contribution in [3.63, 3.8) is 0 Å². The lowest BCUT2D eigenvalue weighted by molar-refractivity contribution is 0.137. The molecule has 1 aromatic heterocycles. The lowest BCUT2D eigenvalue weighted by Gasteiger charge is -2.11. The van der Waals surface area contributed by atoms with Crippen LogP contribution in [0.1, 0.15) is 11.8 Å². The summed E-state index contributed by atoms with van der Waals surface area (Å²) in [6, 6.07) is 0. The van der Waals surface area contributed by atoms with Crippen molar-refractivity contribution in [3.05, 3.63) is 16.8 Å². The Hall–Kier alpha value is -1.12. The Morgan fingerprint density at radius 1 is 1.69 bits per heavy atom. The third-order valence-corrected chi connectivity index (χ3v) is 3.99. The number of rotatable bonds is 2. The van der Waals surface area contributed by atoms with Gasteiger partial charge < -0.3 is 15.9 Å². The van der Waals surface area contributed by atoms with Gasteiger partial charge >= 0.3 is 5.69 Å². The molecule has 88 valence electrons. The maximum Gasteiger partial charge on any atom is 0.353 e. The Kier molecular flexibility index (Phi) is 3.13. The van der Waals surface area contributed by atoms with E-state index in [0.717, 1.165) is 0 Å². The van der Waals surface area contributed by atoms with Crippen LogP contribution in [-0.4, -0.2) is 42.7 Å². The number of nitrogens with two attached hydrogens (primary N) is 1. The van der Waals surface area contributed by atoms with E-state index in [4.69, 9.17) is 10.8 Å². The lowest BCUT2D eigenvalue weighted by Crippen LogP contribution is -2.26. The Morgan fingerprint density at radius 3 is 3.00 bits per heavy atom. The highest BCUT2D eigenvalue weighted by molar-refractivity contribution is 8.00. The first-order valence-electron chi connectivity index (χ1n) is 4.77. The molecule has 0 radical (unpaired) electrons. The van der Waals surface area contributed by atoms with Gasteiger partial charge in [0.2, 0.25) is 5.95 Å². The maximum atomic E-state index is 11.5. The zero-order valence-corrected chi connectivity index (χ0v) is 9.17. The second kappa shape index (κ2) is 4.40. The van der Waals surface area contributed by atoms with Crippen molar-refractivity contribution in [1.82, 2.24) is 14.5 Å². The molecule has 4 N–H and O–H groups in total. The minimum Gasteiger partial charge on any atom is -0.395 e. The van der Waals surface area contributed by atoms with Crippen LogP contribution in [0, 0.1) is 0 Å². The number of nitrogen functional groups attached to an aromatic ring is 1. The Labute approximate surface area is 95.3 Å². The number of aliphatic hydroxyl groups is 2. The zero-order valence-electron chi connectivity index (χ0n) is 8.35. The fourth-order valence-corrected chi connectivity index (χ4v) is 2.97. The van der Waals surface area contributed by atoms with Crippen LogP contribution in [0.25, 0.3) is 0 Å². The average molecular weight is 244 g/mol. The van der Waals surface area contributed by atoms with Crippen molar-refractivity contribution in [1.29, 1.82) is 0 Å². The highest BCUT2D eigenvalue weighted by Gasteiger charge is 2.34. The lowest BCUT2D eigenvalue weighted by atomic mass is 10.2. The van der Waals surface area contributed by atoms with Crippen LogP contribution in [-0.2, 0) is 0 Å². The molecule has 16 heavy (non-hydrogen) atoms. The number of thioether (sulfide) groups is 1. The summed E-state index contributed by atoms with van der Waals surface area (Å²) >= 11 is 1.33. The molecule has 2 heterocycles. The maximum absolute atomic E-state index is 11.5. The van der Waals surface area contributed by atoms with Gasteiger partial charge in [0, 0.05) is 6.42 Å². The summed E-state index contributed by atoms with van der Waals surface area (Å²) in [6.07, 6.45) is 1.09. The van der Waals surface area contributed by atoms with Gasteiger partial charge in [-0.1, -0.05) is 0 Å². The summed E-state index contributed by atoms with van der Waals surface area (Å²) in [5, 5.41) is 18.1. The fourth-order valence-electron chi connectivity index (χ4n) is 1.60. The first-order valence-corrected chi connectivity index (χ1v) is 5.71. The summed E-state index contributed by atoms with van der Waals surface area (Å²) < 4.78 is 1.32. The quantitative estimate of drug-likeness (QED) is 0.584. The van der Waals surface area contributed by atoms with Crippen LogP contribution in [0.4, 0.5) is 5.95 Å². The van der Waals surface area contributed by atoms with Gasteiger partial charge in [-0.05, 0) is 0 Å². The molecule has 1 aromatic rings. The third kappa shape index (κ3) is 2.04. The monoisotopic (exact) mass is 244 g/mol. The molecule has 8 heteroatoms. The number of anilines is 1. The second-order valence-corrected chi connectivity index (χ2v) is 4.94. The highest BCUT2D eigenvalue weighted by atomic mass is 32.2. The third-order valence-electron chi connectivity index (χ3n) is 2.44. The van der Waals surface area contributed by atoms with Crippen LogP contribution in [0.15, 0.2) is 11.1 Å². The van der Waals surface area contributed by atoms with Crippen molar-refractivity contribution in [2.24, 2.45) is 0 Å². The van der Waals surface area contributed by atoms with Gasteiger partial charge in [0.15, 0.2) is 0 Å². The van der Waals surface area contributed by atoms with Crippen LogP contribution < -0.4 is 11.4 Å². The topological polar surface area (TPSA) is 114 Å². The number of aromatic nitrogens is 3. The minimum atomic E-state index is -0.621. The number of hydrogen-bond donors (Lipinski definition) is 3. The van der Waals surface area contributed by atoms with E-state index in [9.17, 15) is 9.90 Å². The van der Waals surface area contributed by atoms with Gasteiger partial charge in [-0.2, -0.15) is 4.98 Å². The van der Waals surface area contributed by atoms with E-state index in [1.165, 1.54) is 22.7 Å². The summed E-state index contributed by atoms with van der Waals surface area (Å²) in [5.74, 6) is -0.0662. The molecule has 1 fully saturated rings. The second-order valence-electron chi connectivity index (χ2n) is 3.52. The molecule has 0 aliphatic carbocycles. The number of aliphatic hydroxyl groups excluding tert-OH is 2. The van der Waals surface area contributed by atoms with Gasteiger partial charge in [0.1, 0.15) is 6.33 Å². The Balaban J connectivity index is 2.23. The van der Waals surface area contributed by atoms with Gasteiger partial charge in [0.05, 0.1) is 23.3 Å². The van der Waals surface area contributed by atoms with Crippen LogP contribution >= 0.6 is 11.8 Å². The Bertz CT molecular complexity index is 438. The van der Waals surface area contributed by atoms with Crippen LogP contribution in [0.3, 0.4) is 0 Å². The van der Waals surface area contributed by atoms with Crippen LogP contribution in [0.2, 0.25) is 0 Å². The van der Waals surface area contributed by atoms with Gasteiger partial charge in [-0.3, -0.25) is 4.57 Å². The molecule has 0 saturated carbocycles. The van der Waals surface area contributed by atoms with Crippen molar-refractivity contribution in [2.45, 2.75) is 23.1 Å². The summed E-state index contributed by atoms with van der Waals surface area (Å²) in [7, 11) is 0. The molecular formula is C8H12N4O3S. The SMILES string of the molecule is Nc1ncn([C@H]2C[C@H](O)[C@@H](CO)S2)c(=O)n1. The van der Waals surface area contributed by atoms with E-state index < -0.39 is 11.8 Å². The molecule has 0 unspecified atom stereocenters. The normalized spacial score (nSPS) is 29.5. The molecule has 0 aromatic carbocycles. The summed E-state index contributed by atoms with van der Waals surface area (Å²) in [6.45, 7) is -0.118. The van der Waals surface area contributed by atoms with E-state index in [2.05, 4.69) is 9.97 Å². The van der Waals surface area contributed by atoms with Crippen LogP contribution in [0.5, 0.6) is 0 Å². The first kappa shape index (κ1) is 11.4. The Morgan fingerprint density at radius 2 is 2.44 bits per heavy atom. The average Bonchev–Trinajstić information content (AvgIpc) is 2.59. The molecular weight excluding hydrogens is 232 g/mol. The van der Waals surface area contributed by atoms with Gasteiger partial charge in [-0.15, -0.1) is 11.8 Å². The molecule has 7 nitrogen and oxygen atoms in total. The fraction of sp³-hybridized carbons (Fsp3) is 0.625. The van der Waals surface area contributed by atoms with Crippen molar-refractivity contribution in [3.8, 4) is 0 Å². The summed E-state index contributed by atoms with van der Waals surface area (Å²) in [4.78, 5) is 18.7. The zero-order chi connectivity index (χ0) is 11.7. The van der Waals surface area contributed by atoms with Crippen molar-refractivity contribution >= 4 is 17.7 Å². The standard InChI is InChI=1S/C8H12N4O3S/c9-7-10-3-12(8(15)11-7)6-1-4(14)5(2-13)16-6/h3-6,13-14H,1-2H2,(H2,9,11,15)/t4-,5+,6+/m0/s1. The van der Waals surface area contributed by atoms with E-state index >= 15 is 0 Å². The van der Waals surface area contributed by atoms with E-state index in [-0.39, 0.29) is 23.2 Å². The summed E-state index contributed by atoms with van der Waals surface area (Å²) in [5.41, 5.74) is 4.79. The van der Waals surface area contributed by atoms with E-state index in [0.29, 0.717) is 6.42 Å². The molecule has 0 spiro atoms. The number of hydrogen-bond acceptors (Lipinski definition) is 7. The molecule has 1 saturated heterocycles. The predicted molar refractivity (Wildman–Crippen MR) is 58.8 cm³/mol. The molecule has 1 aliphatic rings. The smallest absolute Gasteiger partial charge is 0.353 e. The number of nitrogens with zero attached hydrogens (tertiary/aromatic N) is 3. The van der Waals surface area contributed by atoms with Crippen molar-refractivity contribution in [2.75, 3.05) is 12.3 Å². The van der Waals surface area contributed by atoms with Gasteiger partial charge in [-0.25, -0.2) is 9.78 Å². The van der Waals surface area contributed by atoms with E-state index in [1.54, 1.807) is 0 Å². The molecule has 0 bridgehead atoms.